The number of hydrogen-bond acceptors (Lipinski definition) is 5. The van der Waals surface area contributed by atoms with Crippen LogP contribution in [0.2, 0.25) is 5.02 Å². The van der Waals surface area contributed by atoms with Gasteiger partial charge in [-0.15, -0.1) is 0 Å². The van der Waals surface area contributed by atoms with Gasteiger partial charge in [-0.05, 0) is 54.1 Å². The Bertz CT molecular complexity index is 863. The summed E-state index contributed by atoms with van der Waals surface area (Å²) in [5, 5.41) is 10.5. The number of ether oxygens (including phenoxy) is 1. The number of nitrogens with zero attached hydrogens (tertiary/aromatic N) is 1. The second kappa shape index (κ2) is 10.1. The second-order valence-electron chi connectivity index (χ2n) is 8.79. The van der Waals surface area contributed by atoms with Crippen molar-refractivity contribution in [3.8, 4) is 5.88 Å². The summed E-state index contributed by atoms with van der Waals surface area (Å²) >= 11 is 6.47. The lowest BCUT2D eigenvalue weighted by Crippen LogP contribution is -2.35. The summed E-state index contributed by atoms with van der Waals surface area (Å²) in [6.07, 6.45) is 3.73. The zero-order valence-corrected chi connectivity index (χ0v) is 18.7. The van der Waals surface area contributed by atoms with Crippen molar-refractivity contribution in [1.82, 2.24) is 15.6 Å². The van der Waals surface area contributed by atoms with Gasteiger partial charge in [0.25, 0.3) is 5.91 Å². The molecule has 162 valence electrons. The average Bonchev–Trinajstić information content (AvgIpc) is 2.96. The molecule has 30 heavy (non-hydrogen) atoms. The molecule has 7 heteroatoms. The van der Waals surface area contributed by atoms with Crippen LogP contribution < -0.4 is 20.7 Å². The van der Waals surface area contributed by atoms with E-state index in [1.807, 2.05) is 12.1 Å². The van der Waals surface area contributed by atoms with E-state index in [-0.39, 0.29) is 17.9 Å². The average molecular weight is 431 g/mol. The van der Waals surface area contributed by atoms with E-state index < -0.39 is 0 Å². The van der Waals surface area contributed by atoms with Gasteiger partial charge >= 0.3 is 0 Å². The highest BCUT2D eigenvalue weighted by molar-refractivity contribution is 6.33. The van der Waals surface area contributed by atoms with Crippen molar-refractivity contribution in [2.24, 2.45) is 5.41 Å². The predicted molar refractivity (Wildman–Crippen MR) is 121 cm³/mol. The lowest BCUT2D eigenvalue weighted by molar-refractivity contribution is -0.123. The maximum Gasteiger partial charge on any atom is 0.258 e. The molecule has 2 heterocycles. The quantitative estimate of drug-likeness (QED) is 0.626. The van der Waals surface area contributed by atoms with Gasteiger partial charge in [0.2, 0.25) is 5.88 Å². The molecule has 3 rings (SSSR count). The molecule has 0 unspecified atom stereocenters. The zero-order chi connectivity index (χ0) is 21.6. The number of halogens is 1. The smallest absolute Gasteiger partial charge is 0.258 e. The van der Waals surface area contributed by atoms with Gasteiger partial charge in [0.15, 0.2) is 6.61 Å². The molecule has 0 radical (unpaired) electrons. The number of anilines is 1. The van der Waals surface area contributed by atoms with Gasteiger partial charge in [0.05, 0.1) is 10.7 Å². The monoisotopic (exact) mass is 430 g/mol. The Morgan fingerprint density at radius 3 is 2.73 bits per heavy atom. The Morgan fingerprint density at radius 2 is 2.00 bits per heavy atom. The molecule has 0 spiro atoms. The highest BCUT2D eigenvalue weighted by Crippen LogP contribution is 2.31. The Balaban J connectivity index is 1.54. The molecule has 1 aromatic heterocycles. The minimum absolute atomic E-state index is 0.0408. The molecule has 1 aliphatic heterocycles. The van der Waals surface area contributed by atoms with Crippen LogP contribution in [0.1, 0.15) is 37.5 Å². The highest BCUT2D eigenvalue weighted by atomic mass is 35.5. The summed E-state index contributed by atoms with van der Waals surface area (Å²) in [7, 11) is 0. The first-order valence-electron chi connectivity index (χ1n) is 10.4. The molecule has 2 aromatic rings. The SMILES string of the molecule is CC(C)(C)CNC(=O)COc1ccc(CNc2c(Cl)ccc3c2CCNCC3)cn1. The molecule has 0 aliphatic carbocycles. The third-order valence-electron chi connectivity index (χ3n) is 4.92. The summed E-state index contributed by atoms with van der Waals surface area (Å²) < 4.78 is 5.49. The van der Waals surface area contributed by atoms with Gasteiger partial charge in [0.1, 0.15) is 0 Å². The number of fused-ring (bicyclic) bond motifs is 1. The van der Waals surface area contributed by atoms with Crippen molar-refractivity contribution in [1.29, 1.82) is 0 Å². The van der Waals surface area contributed by atoms with Crippen LogP contribution in [0.25, 0.3) is 0 Å². The van der Waals surface area contributed by atoms with Crippen LogP contribution in [0.4, 0.5) is 5.69 Å². The third kappa shape index (κ3) is 6.61. The van der Waals surface area contributed by atoms with E-state index in [0.717, 1.165) is 42.2 Å². The fourth-order valence-corrected chi connectivity index (χ4v) is 3.52. The second-order valence-corrected chi connectivity index (χ2v) is 9.20. The summed E-state index contributed by atoms with van der Waals surface area (Å²) in [5.41, 5.74) is 4.70. The molecule has 0 bridgehead atoms. The molecule has 0 saturated heterocycles. The van der Waals surface area contributed by atoms with E-state index in [9.17, 15) is 4.79 Å². The highest BCUT2D eigenvalue weighted by Gasteiger charge is 2.15. The number of aromatic nitrogens is 1. The van der Waals surface area contributed by atoms with E-state index in [0.29, 0.717) is 19.0 Å². The van der Waals surface area contributed by atoms with Gasteiger partial charge in [-0.3, -0.25) is 4.79 Å². The van der Waals surface area contributed by atoms with Gasteiger partial charge in [-0.25, -0.2) is 4.98 Å². The molecular weight excluding hydrogens is 400 g/mol. The Hall–Kier alpha value is -2.31. The van der Waals surface area contributed by atoms with Crippen LogP contribution in [0.15, 0.2) is 30.5 Å². The van der Waals surface area contributed by atoms with E-state index >= 15 is 0 Å². The normalized spacial score (nSPS) is 13.9. The first-order chi connectivity index (χ1) is 14.3. The van der Waals surface area contributed by atoms with Crippen LogP contribution in [-0.2, 0) is 24.2 Å². The zero-order valence-electron chi connectivity index (χ0n) is 18.0. The van der Waals surface area contributed by atoms with Crippen LogP contribution in [0.5, 0.6) is 5.88 Å². The van der Waals surface area contributed by atoms with Crippen molar-refractivity contribution in [3.05, 3.63) is 52.2 Å². The lowest BCUT2D eigenvalue weighted by atomic mass is 9.97. The number of carbonyl (C=O) groups excluding carboxylic acids is 1. The summed E-state index contributed by atoms with van der Waals surface area (Å²) in [6.45, 7) is 9.34. The fraction of sp³-hybridized carbons (Fsp3) is 0.478. The van der Waals surface area contributed by atoms with E-state index in [1.165, 1.54) is 11.1 Å². The summed E-state index contributed by atoms with van der Waals surface area (Å²) in [6, 6.07) is 7.82. The van der Waals surface area contributed by atoms with Gasteiger partial charge < -0.3 is 20.7 Å². The molecular formula is C23H31ClN4O2. The van der Waals surface area contributed by atoms with Crippen molar-refractivity contribution < 1.29 is 9.53 Å². The first kappa shape index (κ1) is 22.4. The number of benzene rings is 1. The summed E-state index contributed by atoms with van der Waals surface area (Å²) in [4.78, 5) is 16.2. The van der Waals surface area contributed by atoms with Gasteiger partial charge in [-0.1, -0.05) is 44.5 Å². The molecule has 6 nitrogen and oxygen atoms in total. The molecule has 1 aromatic carbocycles. The fourth-order valence-electron chi connectivity index (χ4n) is 3.28. The van der Waals surface area contributed by atoms with Crippen LogP contribution in [-0.4, -0.2) is 37.1 Å². The molecule has 0 saturated carbocycles. The van der Waals surface area contributed by atoms with Crippen LogP contribution in [0, 0.1) is 5.41 Å². The molecule has 0 atom stereocenters. The molecule has 1 aliphatic rings. The molecule has 0 fully saturated rings. The summed E-state index contributed by atoms with van der Waals surface area (Å²) in [5.74, 6) is 0.286. The van der Waals surface area contributed by atoms with Crippen molar-refractivity contribution in [2.75, 3.05) is 31.6 Å². The first-order valence-corrected chi connectivity index (χ1v) is 10.8. The largest absolute Gasteiger partial charge is 0.468 e. The van der Waals surface area contributed by atoms with E-state index in [4.69, 9.17) is 16.3 Å². The predicted octanol–water partition coefficient (Wildman–Crippen LogP) is 3.58. The Kier molecular flexibility index (Phi) is 7.56. The maximum absolute atomic E-state index is 11.9. The maximum atomic E-state index is 11.9. The van der Waals surface area contributed by atoms with Crippen LogP contribution in [0.3, 0.4) is 0 Å². The van der Waals surface area contributed by atoms with Crippen molar-refractivity contribution in [2.45, 2.75) is 40.2 Å². The van der Waals surface area contributed by atoms with E-state index in [2.05, 4.69) is 47.8 Å². The lowest BCUT2D eigenvalue weighted by Gasteiger charge is -2.18. The number of nitrogens with one attached hydrogen (secondary N) is 3. The van der Waals surface area contributed by atoms with Crippen molar-refractivity contribution >= 4 is 23.2 Å². The Labute approximate surface area is 183 Å². The number of rotatable bonds is 7. The van der Waals surface area contributed by atoms with Crippen molar-refractivity contribution in [3.63, 3.8) is 0 Å². The Morgan fingerprint density at radius 1 is 1.20 bits per heavy atom. The molecule has 1 amide bonds. The van der Waals surface area contributed by atoms with Gasteiger partial charge in [0, 0.05) is 25.4 Å². The topological polar surface area (TPSA) is 75.3 Å². The minimum Gasteiger partial charge on any atom is -0.468 e. The standard InChI is InChI=1S/C23H31ClN4O2/c1-23(2,3)15-28-20(29)14-30-21-7-4-16(12-26-21)13-27-22-18-9-11-25-10-8-17(18)5-6-19(22)24/h4-7,12,25,27H,8-11,13-15H2,1-3H3,(H,28,29). The number of hydrogen-bond donors (Lipinski definition) is 3. The number of amides is 1. The third-order valence-corrected chi connectivity index (χ3v) is 5.23. The molecule has 3 N–H and O–H groups in total. The number of pyridine rings is 1. The van der Waals surface area contributed by atoms with E-state index in [1.54, 1.807) is 12.3 Å². The minimum atomic E-state index is -0.147. The number of carbonyl (C=O) groups is 1. The van der Waals surface area contributed by atoms with Gasteiger partial charge in [-0.2, -0.15) is 0 Å². The van der Waals surface area contributed by atoms with Crippen LogP contribution >= 0.6 is 11.6 Å².